The van der Waals surface area contributed by atoms with Crippen molar-refractivity contribution >= 4 is 10.9 Å². The van der Waals surface area contributed by atoms with Gasteiger partial charge in [0.1, 0.15) is 29.8 Å². The fraction of sp³-hybridized carbons (Fsp3) is 0.259. The number of hydrogen-bond acceptors (Lipinski definition) is 8. The normalized spacial score (nSPS) is 24.1. The molecule has 3 aromatic carbocycles. The molecule has 5 atom stereocenters. The van der Waals surface area contributed by atoms with E-state index in [-0.39, 0.29) is 0 Å². The lowest BCUT2D eigenvalue weighted by Gasteiger charge is -2.38. The summed E-state index contributed by atoms with van der Waals surface area (Å²) in [5.41, 5.74) is 2.82. The van der Waals surface area contributed by atoms with Crippen molar-refractivity contribution in [3.8, 4) is 17.2 Å². The van der Waals surface area contributed by atoms with Crippen LogP contribution >= 0.6 is 0 Å². The number of para-hydroxylation sites is 1. The van der Waals surface area contributed by atoms with Crippen LogP contribution in [0.1, 0.15) is 11.1 Å². The molecule has 0 unspecified atom stereocenters. The fourth-order valence-corrected chi connectivity index (χ4v) is 4.23. The maximum absolute atomic E-state index is 10.3. The molecule has 9 heteroatoms. The minimum absolute atomic E-state index is 0.367. The lowest BCUT2D eigenvalue weighted by molar-refractivity contribution is -0.364. The van der Waals surface area contributed by atoms with Crippen molar-refractivity contribution in [1.29, 1.82) is 0 Å². The van der Waals surface area contributed by atoms with E-state index in [9.17, 15) is 20.4 Å². The summed E-state index contributed by atoms with van der Waals surface area (Å²) in [6.45, 7) is -0.561. The SMILES string of the molecule is OC[C@H]1O[C@@H](O)[C@H](OOc2cccc3[nH]cc(Cc4ccc(Oc5ccccc5)cc4)c23)[C@@H](O)[C@@H]1O. The zero-order valence-corrected chi connectivity index (χ0v) is 19.2. The molecule has 1 aliphatic heterocycles. The first-order valence-electron chi connectivity index (χ1n) is 11.6. The van der Waals surface area contributed by atoms with Gasteiger partial charge in [0.25, 0.3) is 0 Å². The number of rotatable bonds is 8. The van der Waals surface area contributed by atoms with Crippen molar-refractivity contribution in [2.24, 2.45) is 0 Å². The highest BCUT2D eigenvalue weighted by Gasteiger charge is 2.45. The Kier molecular flexibility index (Phi) is 7.19. The van der Waals surface area contributed by atoms with Gasteiger partial charge in [0.2, 0.25) is 0 Å². The number of aliphatic hydroxyl groups is 4. The van der Waals surface area contributed by atoms with Gasteiger partial charge in [0.05, 0.1) is 6.61 Å². The van der Waals surface area contributed by atoms with E-state index in [1.54, 1.807) is 12.1 Å². The number of fused-ring (bicyclic) bond motifs is 1. The number of aromatic amines is 1. The van der Waals surface area contributed by atoms with Crippen molar-refractivity contribution in [3.05, 3.63) is 90.1 Å². The molecular formula is C27H27NO8. The third kappa shape index (κ3) is 5.07. The highest BCUT2D eigenvalue weighted by atomic mass is 17.2. The molecule has 0 saturated carbocycles. The van der Waals surface area contributed by atoms with E-state index in [2.05, 4.69) is 4.98 Å². The van der Waals surface area contributed by atoms with Crippen molar-refractivity contribution in [3.63, 3.8) is 0 Å². The Morgan fingerprint density at radius 2 is 1.58 bits per heavy atom. The first-order chi connectivity index (χ1) is 17.5. The summed E-state index contributed by atoms with van der Waals surface area (Å²) in [5.74, 6) is 1.87. The Bertz CT molecular complexity index is 1280. The molecular weight excluding hydrogens is 466 g/mol. The molecule has 36 heavy (non-hydrogen) atoms. The van der Waals surface area contributed by atoms with E-state index in [0.29, 0.717) is 12.2 Å². The topological polar surface area (TPSA) is 134 Å². The van der Waals surface area contributed by atoms with Crippen molar-refractivity contribution in [2.75, 3.05) is 6.61 Å². The Hall–Kier alpha value is -3.44. The maximum Gasteiger partial charge on any atom is 0.188 e. The molecule has 1 saturated heterocycles. The van der Waals surface area contributed by atoms with E-state index in [1.165, 1.54) is 0 Å². The molecule has 2 heterocycles. The van der Waals surface area contributed by atoms with Crippen LogP contribution in [0.2, 0.25) is 0 Å². The van der Waals surface area contributed by atoms with E-state index in [0.717, 1.165) is 33.5 Å². The van der Waals surface area contributed by atoms with Gasteiger partial charge in [-0.2, -0.15) is 4.89 Å². The molecule has 5 N–H and O–H groups in total. The number of aromatic nitrogens is 1. The van der Waals surface area contributed by atoms with Crippen LogP contribution in [-0.2, 0) is 16.0 Å². The predicted molar refractivity (Wildman–Crippen MR) is 130 cm³/mol. The number of H-pyrrole nitrogens is 1. The largest absolute Gasteiger partial charge is 0.457 e. The Morgan fingerprint density at radius 1 is 0.833 bits per heavy atom. The molecule has 0 radical (unpaired) electrons. The van der Waals surface area contributed by atoms with Gasteiger partial charge in [-0.3, -0.25) is 0 Å². The van der Waals surface area contributed by atoms with Crippen LogP contribution < -0.4 is 9.62 Å². The number of nitrogens with one attached hydrogen (secondary N) is 1. The van der Waals surface area contributed by atoms with E-state index >= 15 is 0 Å². The second-order valence-electron chi connectivity index (χ2n) is 8.60. The molecule has 0 amide bonds. The Morgan fingerprint density at radius 3 is 2.33 bits per heavy atom. The molecule has 0 spiro atoms. The molecule has 1 aromatic heterocycles. The van der Waals surface area contributed by atoms with Crippen LogP contribution in [0, 0.1) is 0 Å². The van der Waals surface area contributed by atoms with Crippen molar-refractivity contribution in [2.45, 2.75) is 37.1 Å². The summed E-state index contributed by atoms with van der Waals surface area (Å²) in [4.78, 5) is 14.1. The number of ether oxygens (including phenoxy) is 2. The lowest BCUT2D eigenvalue weighted by Crippen LogP contribution is -2.59. The van der Waals surface area contributed by atoms with E-state index < -0.39 is 37.3 Å². The maximum atomic E-state index is 10.3. The Labute approximate surface area is 207 Å². The summed E-state index contributed by atoms with van der Waals surface area (Å²) in [6, 6.07) is 22.7. The average Bonchev–Trinajstić information content (AvgIpc) is 3.31. The molecule has 188 valence electrons. The highest BCUT2D eigenvalue weighted by Crippen LogP contribution is 2.32. The molecule has 1 aliphatic rings. The van der Waals surface area contributed by atoms with E-state index in [4.69, 9.17) is 19.2 Å². The second-order valence-corrected chi connectivity index (χ2v) is 8.60. The van der Waals surface area contributed by atoms with Gasteiger partial charge in [-0.1, -0.05) is 36.4 Å². The van der Waals surface area contributed by atoms with Gasteiger partial charge in [-0.15, -0.1) is 0 Å². The predicted octanol–water partition coefficient (Wildman–Crippen LogP) is 2.66. The minimum Gasteiger partial charge on any atom is -0.457 e. The quantitative estimate of drug-likeness (QED) is 0.187. The molecule has 5 rings (SSSR count). The number of hydrogen-bond donors (Lipinski definition) is 5. The third-order valence-electron chi connectivity index (χ3n) is 6.14. The van der Waals surface area contributed by atoms with Gasteiger partial charge in [0, 0.05) is 17.1 Å². The first-order valence-corrected chi connectivity index (χ1v) is 11.6. The van der Waals surface area contributed by atoms with Crippen LogP contribution in [0.3, 0.4) is 0 Å². The smallest absolute Gasteiger partial charge is 0.188 e. The second kappa shape index (κ2) is 10.7. The molecule has 0 aliphatic carbocycles. The van der Waals surface area contributed by atoms with Crippen molar-refractivity contribution < 1.29 is 39.7 Å². The zero-order chi connectivity index (χ0) is 25.1. The first kappa shape index (κ1) is 24.3. The van der Waals surface area contributed by atoms with E-state index in [1.807, 2.05) is 66.9 Å². The summed E-state index contributed by atoms with van der Waals surface area (Å²) in [7, 11) is 0. The Balaban J connectivity index is 1.30. The number of aliphatic hydroxyl groups excluding tert-OH is 4. The summed E-state index contributed by atoms with van der Waals surface area (Å²) in [5, 5.41) is 40.5. The van der Waals surface area contributed by atoms with Crippen molar-refractivity contribution in [1.82, 2.24) is 4.98 Å². The lowest BCUT2D eigenvalue weighted by atomic mass is 9.99. The molecule has 4 aromatic rings. The van der Waals surface area contributed by atoms with Gasteiger partial charge in [-0.05, 0) is 53.9 Å². The molecule has 0 bridgehead atoms. The average molecular weight is 494 g/mol. The fourth-order valence-electron chi connectivity index (χ4n) is 4.23. The van der Waals surface area contributed by atoms with Crippen LogP contribution in [0.4, 0.5) is 0 Å². The van der Waals surface area contributed by atoms with Gasteiger partial charge >= 0.3 is 0 Å². The van der Waals surface area contributed by atoms with Crippen LogP contribution in [0.5, 0.6) is 17.2 Å². The third-order valence-corrected chi connectivity index (χ3v) is 6.14. The molecule has 1 fully saturated rings. The monoisotopic (exact) mass is 493 g/mol. The van der Waals surface area contributed by atoms with Gasteiger partial charge < -0.3 is 39.8 Å². The zero-order valence-electron chi connectivity index (χ0n) is 19.2. The summed E-state index contributed by atoms with van der Waals surface area (Å²) >= 11 is 0. The molecule has 9 nitrogen and oxygen atoms in total. The van der Waals surface area contributed by atoms with Crippen LogP contribution in [0.25, 0.3) is 10.9 Å². The number of benzene rings is 3. The van der Waals surface area contributed by atoms with Gasteiger partial charge in [-0.25, -0.2) is 0 Å². The highest BCUT2D eigenvalue weighted by molar-refractivity contribution is 5.89. The summed E-state index contributed by atoms with van der Waals surface area (Å²) < 4.78 is 11.0. The standard InChI is InChI=1S/C27H27NO8/c29-15-22-24(30)25(31)26(27(32)34-22)36-35-21-8-4-7-20-23(21)17(14-28-20)13-16-9-11-19(12-10-16)33-18-5-2-1-3-6-18/h1-12,14,22,24-32H,13,15H2/t22-,24-,25+,26-,27-/m1/s1. The summed E-state index contributed by atoms with van der Waals surface area (Å²) in [6.07, 6.45) is -4.58. The van der Waals surface area contributed by atoms with Crippen LogP contribution in [0.15, 0.2) is 79.0 Å². The minimum atomic E-state index is -1.60. The van der Waals surface area contributed by atoms with Crippen LogP contribution in [-0.4, -0.2) is 62.7 Å². The van der Waals surface area contributed by atoms with Gasteiger partial charge in [0.15, 0.2) is 18.1 Å².